The Morgan fingerprint density at radius 2 is 1.91 bits per heavy atom. The number of amides is 1. The van der Waals surface area contributed by atoms with E-state index in [9.17, 15) is 13.2 Å². The first-order valence-corrected chi connectivity index (χ1v) is 9.49. The molecule has 1 spiro atoms. The Kier molecular flexibility index (Phi) is 3.81. The van der Waals surface area contributed by atoms with E-state index in [1.807, 2.05) is 4.90 Å². The van der Waals surface area contributed by atoms with Gasteiger partial charge in [-0.3, -0.25) is 4.79 Å². The van der Waals surface area contributed by atoms with Gasteiger partial charge < -0.3 is 9.32 Å². The van der Waals surface area contributed by atoms with Crippen LogP contribution in [0.1, 0.15) is 41.8 Å². The average Bonchev–Trinajstić information content (AvgIpc) is 3.05. The maximum atomic E-state index is 12.5. The molecule has 1 aromatic rings. The van der Waals surface area contributed by atoms with E-state index >= 15 is 0 Å². The first-order chi connectivity index (χ1) is 10.3. The highest BCUT2D eigenvalue weighted by atomic mass is 32.2. The number of likely N-dealkylation sites (tertiary alicyclic amines) is 1. The van der Waals surface area contributed by atoms with E-state index in [-0.39, 0.29) is 11.4 Å². The standard InChI is InChI=1S/C15H22N2O4S/c1-12-13(4-11-21-12)14(18)16-9-6-15(7-10-16)5-3-8-17(15)22(2,19)20/h4,11H,3,5-10H2,1-2H3. The minimum Gasteiger partial charge on any atom is -0.469 e. The highest BCUT2D eigenvalue weighted by Gasteiger charge is 2.47. The summed E-state index contributed by atoms with van der Waals surface area (Å²) < 4.78 is 30.8. The lowest BCUT2D eigenvalue weighted by atomic mass is 9.86. The summed E-state index contributed by atoms with van der Waals surface area (Å²) in [4.78, 5) is 14.3. The smallest absolute Gasteiger partial charge is 0.257 e. The minimum atomic E-state index is -3.18. The molecule has 0 bridgehead atoms. The van der Waals surface area contributed by atoms with E-state index in [1.54, 1.807) is 17.3 Å². The third-order valence-corrected chi connectivity index (χ3v) is 6.37. The van der Waals surface area contributed by atoms with Gasteiger partial charge in [0.05, 0.1) is 18.1 Å². The topological polar surface area (TPSA) is 70.8 Å². The van der Waals surface area contributed by atoms with Crippen molar-refractivity contribution in [2.75, 3.05) is 25.9 Å². The molecule has 2 saturated heterocycles. The monoisotopic (exact) mass is 326 g/mol. The van der Waals surface area contributed by atoms with Crippen LogP contribution in [-0.2, 0) is 10.0 Å². The highest BCUT2D eigenvalue weighted by molar-refractivity contribution is 7.88. The lowest BCUT2D eigenvalue weighted by Gasteiger charge is -2.43. The van der Waals surface area contributed by atoms with Crippen LogP contribution in [-0.4, -0.2) is 55.0 Å². The Bertz CT molecular complexity index is 671. The van der Waals surface area contributed by atoms with Crippen molar-refractivity contribution in [3.63, 3.8) is 0 Å². The van der Waals surface area contributed by atoms with Crippen molar-refractivity contribution < 1.29 is 17.6 Å². The first-order valence-electron chi connectivity index (χ1n) is 7.65. The number of aryl methyl sites for hydroxylation is 1. The summed E-state index contributed by atoms with van der Waals surface area (Å²) in [6, 6.07) is 1.69. The molecule has 0 saturated carbocycles. The summed E-state index contributed by atoms with van der Waals surface area (Å²) in [7, 11) is -3.18. The molecule has 0 N–H and O–H groups in total. The van der Waals surface area contributed by atoms with Gasteiger partial charge in [0.2, 0.25) is 10.0 Å². The Labute approximate surface area is 131 Å². The van der Waals surface area contributed by atoms with E-state index in [0.29, 0.717) is 43.8 Å². The van der Waals surface area contributed by atoms with Gasteiger partial charge in [-0.25, -0.2) is 8.42 Å². The van der Waals surface area contributed by atoms with Crippen LogP contribution in [0.5, 0.6) is 0 Å². The van der Waals surface area contributed by atoms with Crippen LogP contribution in [0, 0.1) is 6.92 Å². The Hall–Kier alpha value is -1.34. The first kappa shape index (κ1) is 15.6. The number of carbonyl (C=O) groups excluding carboxylic acids is 1. The van der Waals surface area contributed by atoms with Gasteiger partial charge in [-0.1, -0.05) is 0 Å². The fraction of sp³-hybridized carbons (Fsp3) is 0.667. The largest absolute Gasteiger partial charge is 0.469 e. The quantitative estimate of drug-likeness (QED) is 0.828. The SMILES string of the molecule is Cc1occc1C(=O)N1CCC2(CCCN2S(C)(=O)=O)CC1. The predicted molar refractivity (Wildman–Crippen MR) is 82.1 cm³/mol. The van der Waals surface area contributed by atoms with Crippen molar-refractivity contribution >= 4 is 15.9 Å². The summed E-state index contributed by atoms with van der Waals surface area (Å²) in [5.74, 6) is 0.605. The molecule has 0 aliphatic carbocycles. The number of nitrogens with zero attached hydrogens (tertiary/aromatic N) is 2. The maximum Gasteiger partial charge on any atom is 0.257 e. The third kappa shape index (κ3) is 2.56. The van der Waals surface area contributed by atoms with Crippen molar-refractivity contribution in [2.45, 2.75) is 38.1 Å². The number of hydrogen-bond donors (Lipinski definition) is 0. The zero-order valence-corrected chi connectivity index (χ0v) is 13.9. The number of furan rings is 1. The van der Waals surface area contributed by atoms with E-state index in [0.717, 1.165) is 12.8 Å². The molecule has 122 valence electrons. The molecular weight excluding hydrogens is 304 g/mol. The van der Waals surface area contributed by atoms with Gasteiger partial charge >= 0.3 is 0 Å². The number of rotatable bonds is 2. The molecule has 2 aliphatic heterocycles. The van der Waals surface area contributed by atoms with Crippen LogP contribution in [0.2, 0.25) is 0 Å². The molecule has 1 amide bonds. The summed E-state index contributed by atoms with van der Waals surface area (Å²) in [5.41, 5.74) is 0.317. The Balaban J connectivity index is 1.73. The lowest BCUT2D eigenvalue weighted by molar-refractivity contribution is 0.0586. The van der Waals surface area contributed by atoms with Crippen molar-refractivity contribution in [1.29, 1.82) is 0 Å². The zero-order valence-electron chi connectivity index (χ0n) is 13.0. The highest BCUT2D eigenvalue weighted by Crippen LogP contribution is 2.40. The molecule has 7 heteroatoms. The van der Waals surface area contributed by atoms with E-state index in [2.05, 4.69) is 0 Å². The Morgan fingerprint density at radius 3 is 2.45 bits per heavy atom. The fourth-order valence-electron chi connectivity index (χ4n) is 3.83. The van der Waals surface area contributed by atoms with Crippen LogP contribution >= 0.6 is 0 Å². The molecule has 2 aliphatic rings. The van der Waals surface area contributed by atoms with Gasteiger partial charge in [-0.15, -0.1) is 0 Å². The second-order valence-electron chi connectivity index (χ2n) is 6.35. The normalized spacial score (nSPS) is 22.4. The Morgan fingerprint density at radius 1 is 1.23 bits per heavy atom. The zero-order chi connectivity index (χ0) is 16.0. The molecule has 22 heavy (non-hydrogen) atoms. The summed E-state index contributed by atoms with van der Waals surface area (Å²) in [6.45, 7) is 3.57. The predicted octanol–water partition coefficient (Wildman–Crippen LogP) is 1.62. The molecule has 0 radical (unpaired) electrons. The van der Waals surface area contributed by atoms with Crippen LogP contribution in [0.3, 0.4) is 0 Å². The molecular formula is C15H22N2O4S. The maximum absolute atomic E-state index is 12.5. The van der Waals surface area contributed by atoms with Crippen LogP contribution in [0.15, 0.2) is 16.7 Å². The molecule has 3 heterocycles. The summed E-state index contributed by atoms with van der Waals surface area (Å²) in [6.07, 6.45) is 6.03. The van der Waals surface area contributed by atoms with Crippen LogP contribution < -0.4 is 0 Å². The summed E-state index contributed by atoms with van der Waals surface area (Å²) >= 11 is 0. The summed E-state index contributed by atoms with van der Waals surface area (Å²) in [5, 5.41) is 0. The average molecular weight is 326 g/mol. The number of hydrogen-bond acceptors (Lipinski definition) is 4. The number of piperidine rings is 1. The van der Waals surface area contributed by atoms with Crippen molar-refractivity contribution in [3.8, 4) is 0 Å². The number of carbonyl (C=O) groups is 1. The van der Waals surface area contributed by atoms with Crippen LogP contribution in [0.25, 0.3) is 0 Å². The van der Waals surface area contributed by atoms with Gasteiger partial charge in [0, 0.05) is 25.2 Å². The second kappa shape index (κ2) is 5.38. The minimum absolute atomic E-state index is 0.0231. The van der Waals surface area contributed by atoms with Gasteiger partial charge in [0.25, 0.3) is 5.91 Å². The number of sulfonamides is 1. The van der Waals surface area contributed by atoms with Crippen molar-refractivity contribution in [1.82, 2.24) is 9.21 Å². The molecule has 2 fully saturated rings. The van der Waals surface area contributed by atoms with E-state index in [1.165, 1.54) is 12.5 Å². The lowest BCUT2D eigenvalue weighted by Crippen LogP contribution is -2.54. The van der Waals surface area contributed by atoms with E-state index in [4.69, 9.17) is 4.42 Å². The molecule has 3 rings (SSSR count). The van der Waals surface area contributed by atoms with Gasteiger partial charge in [0.1, 0.15) is 5.76 Å². The molecule has 6 nitrogen and oxygen atoms in total. The van der Waals surface area contributed by atoms with Crippen LogP contribution in [0.4, 0.5) is 0 Å². The van der Waals surface area contributed by atoms with Gasteiger partial charge in [-0.2, -0.15) is 4.31 Å². The third-order valence-electron chi connectivity index (χ3n) is 5.00. The van der Waals surface area contributed by atoms with Gasteiger partial charge in [0.15, 0.2) is 0 Å². The fourth-order valence-corrected chi connectivity index (χ4v) is 5.27. The molecule has 0 aromatic carbocycles. The molecule has 0 unspecified atom stereocenters. The van der Waals surface area contributed by atoms with Crippen molar-refractivity contribution in [3.05, 3.63) is 23.7 Å². The van der Waals surface area contributed by atoms with Gasteiger partial charge in [-0.05, 0) is 38.7 Å². The second-order valence-corrected chi connectivity index (χ2v) is 8.25. The van der Waals surface area contributed by atoms with E-state index < -0.39 is 10.0 Å². The molecule has 1 aromatic heterocycles. The molecule has 0 atom stereocenters. The van der Waals surface area contributed by atoms with Crippen molar-refractivity contribution in [2.24, 2.45) is 0 Å².